The van der Waals surface area contributed by atoms with Crippen LogP contribution in [0.3, 0.4) is 0 Å². The van der Waals surface area contributed by atoms with E-state index in [0.29, 0.717) is 52.4 Å². The van der Waals surface area contributed by atoms with E-state index >= 15 is 0 Å². The normalized spacial score (nSPS) is 19.9. The molecule has 2 aromatic carbocycles. The summed E-state index contributed by atoms with van der Waals surface area (Å²) in [4.78, 5) is 19.8. The summed E-state index contributed by atoms with van der Waals surface area (Å²) in [7, 11) is 1.27. The average Bonchev–Trinajstić information content (AvgIpc) is 2.92. The van der Waals surface area contributed by atoms with Crippen LogP contribution in [0.2, 0.25) is 0 Å². The molecule has 2 aliphatic rings. The predicted molar refractivity (Wildman–Crippen MR) is 150 cm³/mol. The summed E-state index contributed by atoms with van der Waals surface area (Å²) < 4.78 is 51.3. The molecule has 2 saturated heterocycles. The molecular weight excluding hydrogens is 535 g/mol. The maximum Gasteiger partial charge on any atom is 0.416 e. The molecule has 41 heavy (non-hydrogen) atoms. The van der Waals surface area contributed by atoms with Crippen molar-refractivity contribution in [2.75, 3.05) is 59.6 Å². The predicted octanol–water partition coefficient (Wildman–Crippen LogP) is 4.21. The van der Waals surface area contributed by atoms with Crippen LogP contribution < -0.4 is 4.74 Å². The second-order valence-corrected chi connectivity index (χ2v) is 11.3. The Balaban J connectivity index is 1.53. The first-order valence-electron chi connectivity index (χ1n) is 13.7. The summed E-state index contributed by atoms with van der Waals surface area (Å²) in [6, 6.07) is 8.16. The zero-order valence-electron chi connectivity index (χ0n) is 24.1. The van der Waals surface area contributed by atoms with Crippen LogP contribution in [-0.4, -0.2) is 96.9 Å². The molecule has 2 aromatic rings. The van der Waals surface area contributed by atoms with Crippen LogP contribution in [0.4, 0.5) is 13.2 Å². The van der Waals surface area contributed by atoms with Gasteiger partial charge >= 0.3 is 6.18 Å². The number of phenolic OH excluding ortho intramolecular Hbond substituents is 1. The summed E-state index contributed by atoms with van der Waals surface area (Å²) in [5, 5.41) is 10.2. The highest BCUT2D eigenvalue weighted by Crippen LogP contribution is 2.33. The maximum absolute atomic E-state index is 13.7. The van der Waals surface area contributed by atoms with Crippen molar-refractivity contribution >= 4 is 5.91 Å². The highest BCUT2D eigenvalue weighted by Gasteiger charge is 2.35. The summed E-state index contributed by atoms with van der Waals surface area (Å²) >= 11 is 0. The van der Waals surface area contributed by atoms with Crippen molar-refractivity contribution in [3.63, 3.8) is 0 Å². The van der Waals surface area contributed by atoms with Crippen molar-refractivity contribution in [2.24, 2.45) is 0 Å². The number of amides is 1. The number of ether oxygens (including phenoxy) is 2. The zero-order chi connectivity index (χ0) is 29.8. The highest BCUT2D eigenvalue weighted by atomic mass is 19.4. The molecule has 10 heteroatoms. The molecule has 4 rings (SSSR count). The number of morpholine rings is 1. The summed E-state index contributed by atoms with van der Waals surface area (Å²) in [6.07, 6.45) is -4.18. The number of halogens is 3. The van der Waals surface area contributed by atoms with E-state index in [0.717, 1.165) is 29.8 Å². The van der Waals surface area contributed by atoms with Gasteiger partial charge in [-0.05, 0) is 62.6 Å². The number of benzene rings is 2. The third-order valence-corrected chi connectivity index (χ3v) is 7.80. The van der Waals surface area contributed by atoms with Crippen molar-refractivity contribution in [2.45, 2.75) is 44.9 Å². The molecule has 0 aromatic heterocycles. The molecule has 2 aliphatic heterocycles. The molecule has 1 N–H and O–H groups in total. The molecular formula is C31H38F3N3O4. The first-order chi connectivity index (χ1) is 19.4. The van der Waals surface area contributed by atoms with E-state index in [-0.39, 0.29) is 28.6 Å². The lowest BCUT2D eigenvalue weighted by molar-refractivity contribution is -0.137. The van der Waals surface area contributed by atoms with Crippen LogP contribution in [0.1, 0.15) is 40.9 Å². The minimum Gasteiger partial charge on any atom is -0.508 e. The van der Waals surface area contributed by atoms with Crippen LogP contribution >= 0.6 is 0 Å². The van der Waals surface area contributed by atoms with E-state index in [9.17, 15) is 23.1 Å². The molecule has 0 spiro atoms. The Morgan fingerprint density at radius 3 is 2.56 bits per heavy atom. The van der Waals surface area contributed by atoms with Gasteiger partial charge in [-0.25, -0.2) is 0 Å². The van der Waals surface area contributed by atoms with Crippen molar-refractivity contribution in [3.8, 4) is 23.3 Å². The maximum atomic E-state index is 13.7. The van der Waals surface area contributed by atoms with E-state index in [4.69, 9.17) is 9.47 Å². The van der Waals surface area contributed by atoms with E-state index in [1.165, 1.54) is 13.2 Å². The number of hydrogen-bond acceptors (Lipinski definition) is 6. The lowest BCUT2D eigenvalue weighted by Gasteiger charge is -2.41. The van der Waals surface area contributed by atoms with Crippen molar-refractivity contribution in [1.29, 1.82) is 0 Å². The monoisotopic (exact) mass is 573 g/mol. The van der Waals surface area contributed by atoms with Crippen LogP contribution in [-0.2, 0) is 17.3 Å². The quantitative estimate of drug-likeness (QED) is 0.523. The number of carbonyl (C=O) groups is 1. The van der Waals surface area contributed by atoms with Crippen molar-refractivity contribution in [3.05, 3.63) is 58.7 Å². The van der Waals surface area contributed by atoms with Gasteiger partial charge < -0.3 is 19.5 Å². The largest absolute Gasteiger partial charge is 0.508 e. The standard InChI is InChI=1S/C31H38F3N3O4/c1-22-7-8-23(16-28(22)38)15-26-20-35(9-5-6-10-36-13-14-41-21-30(36,2)3)11-12-37(26)29(39)24-17-25(31(32,33)34)19-27(18-24)40-4/h7-8,16-19,26,38H,9-15,20-21H2,1-4H3/t26-/m1/s1. The molecule has 0 unspecified atom stereocenters. The Morgan fingerprint density at radius 2 is 1.88 bits per heavy atom. The number of nitrogens with zero attached hydrogens (tertiary/aromatic N) is 3. The topological polar surface area (TPSA) is 65.5 Å². The van der Waals surface area contributed by atoms with Crippen LogP contribution in [0.25, 0.3) is 0 Å². The Labute approximate surface area is 239 Å². The van der Waals surface area contributed by atoms with Gasteiger partial charge in [0, 0.05) is 43.3 Å². The summed E-state index contributed by atoms with van der Waals surface area (Å²) in [5.41, 5.74) is 0.490. The second kappa shape index (κ2) is 12.7. The number of piperazine rings is 1. The number of aryl methyl sites for hydroxylation is 1. The van der Waals surface area contributed by atoms with Gasteiger partial charge in [-0.2, -0.15) is 13.2 Å². The van der Waals surface area contributed by atoms with Gasteiger partial charge in [-0.3, -0.25) is 14.6 Å². The first-order valence-corrected chi connectivity index (χ1v) is 13.7. The third kappa shape index (κ3) is 7.73. The van der Waals surface area contributed by atoms with Gasteiger partial charge in [0.25, 0.3) is 5.91 Å². The molecule has 222 valence electrons. The van der Waals surface area contributed by atoms with E-state index < -0.39 is 17.6 Å². The Kier molecular flexibility index (Phi) is 9.52. The van der Waals surface area contributed by atoms with E-state index in [1.807, 2.05) is 12.1 Å². The number of aromatic hydroxyl groups is 1. The number of carbonyl (C=O) groups excluding carboxylic acids is 1. The fraction of sp³-hybridized carbons (Fsp3) is 0.516. The SMILES string of the molecule is COc1cc(C(=O)N2CCN(CC#CCN3CCOCC3(C)C)C[C@H]2Cc2ccc(C)c(O)c2)cc(C(F)(F)F)c1. The van der Waals surface area contributed by atoms with Crippen LogP contribution in [0.15, 0.2) is 36.4 Å². The van der Waals surface area contributed by atoms with Crippen molar-refractivity contribution in [1.82, 2.24) is 14.7 Å². The average molecular weight is 574 g/mol. The van der Waals surface area contributed by atoms with Gasteiger partial charge in [0.1, 0.15) is 11.5 Å². The van der Waals surface area contributed by atoms with Gasteiger partial charge in [0.2, 0.25) is 0 Å². The van der Waals surface area contributed by atoms with Gasteiger partial charge in [0.05, 0.1) is 39.0 Å². The molecule has 2 fully saturated rings. The minimum atomic E-state index is -4.61. The molecule has 0 radical (unpaired) electrons. The van der Waals surface area contributed by atoms with Gasteiger partial charge in [-0.1, -0.05) is 24.0 Å². The zero-order valence-corrected chi connectivity index (χ0v) is 24.1. The number of rotatable bonds is 6. The molecule has 0 saturated carbocycles. The number of alkyl halides is 3. The fourth-order valence-corrected chi connectivity index (χ4v) is 5.23. The lowest BCUT2D eigenvalue weighted by atomic mass is 9.99. The summed E-state index contributed by atoms with van der Waals surface area (Å²) in [6.45, 7) is 10.8. The van der Waals surface area contributed by atoms with Crippen LogP contribution in [0.5, 0.6) is 11.5 Å². The highest BCUT2D eigenvalue weighted by molar-refractivity contribution is 5.95. The van der Waals surface area contributed by atoms with Gasteiger partial charge in [0.15, 0.2) is 0 Å². The first kappa shape index (κ1) is 30.7. The Morgan fingerprint density at radius 1 is 1.12 bits per heavy atom. The Bertz CT molecular complexity index is 1300. The molecule has 1 amide bonds. The second-order valence-electron chi connectivity index (χ2n) is 11.3. The number of hydrogen-bond donors (Lipinski definition) is 1. The minimum absolute atomic E-state index is 0.0273. The summed E-state index contributed by atoms with van der Waals surface area (Å²) in [5.74, 6) is 6.18. The lowest BCUT2D eigenvalue weighted by Crippen LogP contribution is -2.56. The molecule has 1 atom stereocenters. The molecule has 7 nitrogen and oxygen atoms in total. The molecule has 0 bridgehead atoms. The number of methoxy groups -OCH3 is 1. The molecule has 2 heterocycles. The van der Waals surface area contributed by atoms with Crippen molar-refractivity contribution < 1.29 is 32.5 Å². The van der Waals surface area contributed by atoms with Crippen LogP contribution in [0, 0.1) is 18.8 Å². The van der Waals surface area contributed by atoms with Gasteiger partial charge in [-0.15, -0.1) is 0 Å². The third-order valence-electron chi connectivity index (χ3n) is 7.80. The molecule has 0 aliphatic carbocycles. The fourth-order valence-electron chi connectivity index (χ4n) is 5.23. The van der Waals surface area contributed by atoms with E-state index in [1.54, 1.807) is 17.9 Å². The van der Waals surface area contributed by atoms with E-state index in [2.05, 4.69) is 35.5 Å². The number of phenols is 1. The Hall–Kier alpha value is -3.26. The smallest absolute Gasteiger partial charge is 0.416 e.